The Hall–Kier alpha value is -11.7. The van der Waals surface area contributed by atoms with Crippen molar-refractivity contribution < 1.29 is 73.1 Å². The van der Waals surface area contributed by atoms with Crippen molar-refractivity contribution >= 4 is 93.6 Å². The van der Waals surface area contributed by atoms with Gasteiger partial charge < -0.3 is 56.4 Å². The van der Waals surface area contributed by atoms with Gasteiger partial charge in [0, 0.05) is 181 Å². The quantitative estimate of drug-likeness (QED) is 0.0107. The number of likely N-dealkylation sites (tertiary alicyclic amines) is 5. The van der Waals surface area contributed by atoms with Gasteiger partial charge >= 0.3 is 36.1 Å². The molecule has 0 spiro atoms. The summed E-state index contributed by atoms with van der Waals surface area (Å²) >= 11 is 13.9. The average Bonchev–Trinajstić information content (AvgIpc) is 0.826. The van der Waals surface area contributed by atoms with Crippen molar-refractivity contribution in [2.24, 2.45) is 0 Å². The molecule has 9 aromatic carbocycles. The molecule has 5 fully saturated rings. The van der Waals surface area contributed by atoms with Crippen molar-refractivity contribution in [3.63, 3.8) is 0 Å². The van der Waals surface area contributed by atoms with E-state index in [-0.39, 0.29) is 77.7 Å². The highest BCUT2D eigenvalue weighted by molar-refractivity contribution is 7.99. The standard InChI is InChI=1S/C30H37N3OS.C28H31Cl2N3O2.C20H20F3N3O2.2C15H19F3N2O/c1-3-12-24(2)32-21-19-26(20-22-32)33(23-25-13-6-4-7-14-25)30(34)31-28-17-10-11-18-29(28)35-27-15-8-5-9-16-27;1-3-5-8-15-32-16-13-24(14-17-32)33(28(35)31-23-11-12-26(29)27(30)19-23)20-22-10-7-6-9-21(22)18-25(34)4-2;21-20(22,23)15-7-4-8-17(13-15)25-19(28)24-16-9-11-26(12-10-16)18(27)14-5-2-1-3-6-14;1-15(17,18)14(21)19-13-6-8-20(9-7-13)10-11-2-4-12(16)5-3-11;1-15(17,18)14(21)19-13-5-7-20(8-6-13)10-11-3-2-4-12(16)9-11/h4-11,13-18,24,26H,3,12,19-23H2,1-2H3,(H,31,34);1,4,6-7,9-12,19,24H,2,5,8,13-18,20H2,(H,31,35);1-8,13,16H,9-12H2,(H2,24,25,28);2-5,13H,6-10H2,1H3,(H,19,21);2-4,9,13H,5-8,10H2,1H3,(H,19,21). The molecule has 32 heteroatoms. The van der Waals surface area contributed by atoms with Crippen molar-refractivity contribution in [1.82, 2.24) is 50.2 Å². The normalized spacial score (nSPS) is 15.8. The molecule has 1 atom stereocenters. The van der Waals surface area contributed by atoms with Crippen LogP contribution in [0, 0.1) is 24.0 Å². The van der Waals surface area contributed by atoms with Gasteiger partial charge in [0.15, 0.2) is 5.78 Å². The van der Waals surface area contributed by atoms with Gasteiger partial charge in [-0.25, -0.2) is 23.2 Å². The summed E-state index contributed by atoms with van der Waals surface area (Å²) in [4.78, 5) is 103. The van der Waals surface area contributed by atoms with E-state index in [9.17, 15) is 73.1 Å². The molecule has 14 rings (SSSR count). The summed E-state index contributed by atoms with van der Waals surface area (Å²) in [6.45, 7) is 20.4. The van der Waals surface area contributed by atoms with Crippen LogP contribution in [0.5, 0.6) is 0 Å². The van der Waals surface area contributed by atoms with E-state index < -0.39 is 41.4 Å². The van der Waals surface area contributed by atoms with Crippen molar-refractivity contribution in [3.05, 3.63) is 304 Å². The first kappa shape index (κ1) is 110. The monoisotopic (exact) mass is 1990 g/mol. The summed E-state index contributed by atoms with van der Waals surface area (Å²) in [5, 5.41) is 17.0. The summed E-state index contributed by atoms with van der Waals surface area (Å²) in [5.74, 6) is -7.02. The Morgan fingerprint density at radius 2 is 1.01 bits per heavy atom. The molecule has 0 aromatic heterocycles. The summed E-state index contributed by atoms with van der Waals surface area (Å²) < 4.78 is 115. The van der Waals surface area contributed by atoms with E-state index in [1.54, 1.807) is 77.3 Å². The maximum atomic E-state index is 13.7. The number of carbonyl (C=O) groups excluding carboxylic acids is 7. The van der Waals surface area contributed by atoms with Gasteiger partial charge in [-0.15, -0.1) is 12.3 Å². The van der Waals surface area contributed by atoms with Gasteiger partial charge in [-0.05, 0) is 221 Å². The van der Waals surface area contributed by atoms with Gasteiger partial charge in [-0.3, -0.25) is 29.0 Å². The zero-order chi connectivity index (χ0) is 101. The number of halogens is 11. The second-order valence-corrected chi connectivity index (χ2v) is 37.7. The number of nitrogens with one attached hydrogen (secondary N) is 6. The lowest BCUT2D eigenvalue weighted by Gasteiger charge is -2.40. The zero-order valence-corrected chi connectivity index (χ0v) is 81.9. The number of piperidine rings is 5. The minimum Gasteiger partial charge on any atom is -0.348 e. The summed E-state index contributed by atoms with van der Waals surface area (Å²) in [5.41, 5.74) is 6.22. The first-order valence-corrected chi connectivity index (χ1v) is 49.1. The second kappa shape index (κ2) is 55.5. The fraction of sp³-hybridized carbons (Fsp3) is 0.398. The Labute approximate surface area is 830 Å². The highest BCUT2D eigenvalue weighted by Crippen LogP contribution is 2.36. The minimum atomic E-state index is -4.47. The van der Waals surface area contributed by atoms with E-state index in [2.05, 4.69) is 113 Å². The van der Waals surface area contributed by atoms with Crippen LogP contribution in [0.25, 0.3) is 0 Å². The number of alkyl halides is 7. The van der Waals surface area contributed by atoms with E-state index >= 15 is 0 Å². The van der Waals surface area contributed by atoms with Crippen LogP contribution in [-0.2, 0) is 53.2 Å². The van der Waals surface area contributed by atoms with Gasteiger partial charge in [0.25, 0.3) is 17.7 Å². The lowest BCUT2D eigenvalue weighted by atomic mass is 9.99. The molecule has 140 heavy (non-hydrogen) atoms. The SMILES string of the molecule is C#CCCCN1CCC(N(Cc2ccccc2CC(=O)C=C)C(=O)Nc2ccc(Cl)c(Cl)c2)CC1.CC(F)(F)C(=O)NC1CCN(Cc2ccc(F)cc2)CC1.CC(F)(F)C(=O)NC1CCN(Cc2cccc(F)c2)CC1.CCCC(C)N1CCC(N(Cc2ccccc2)C(=O)Nc2ccccc2Sc2ccccc2)CC1.O=C(Nc1cccc(C(F)(F)F)c1)NC1CCN(C(=O)c2ccccc2)CC1. The van der Waals surface area contributed by atoms with Gasteiger partial charge in [-0.1, -0.05) is 188 Å². The molecule has 5 heterocycles. The van der Waals surface area contributed by atoms with Gasteiger partial charge in [0.05, 0.1) is 21.3 Å². The Morgan fingerprint density at radius 1 is 0.507 bits per heavy atom. The van der Waals surface area contributed by atoms with Crippen LogP contribution in [0.1, 0.15) is 161 Å². The second-order valence-electron chi connectivity index (χ2n) is 35.7. The Bertz CT molecular complexity index is 5480. The van der Waals surface area contributed by atoms with Gasteiger partial charge in [-0.2, -0.15) is 30.7 Å². The van der Waals surface area contributed by atoms with E-state index in [1.165, 1.54) is 55.3 Å². The molecular weight excluding hydrogens is 1870 g/mol. The molecule has 748 valence electrons. The van der Waals surface area contributed by atoms with E-state index in [1.807, 2.05) is 95.9 Å². The van der Waals surface area contributed by atoms with Crippen LogP contribution in [-0.4, -0.2) is 196 Å². The third-order valence-corrected chi connectivity index (χ3v) is 26.8. The number of hydrogen-bond donors (Lipinski definition) is 6. The third-order valence-electron chi connectivity index (χ3n) is 24.9. The molecule has 6 N–H and O–H groups in total. The van der Waals surface area contributed by atoms with E-state index in [0.29, 0.717) is 132 Å². The molecule has 0 bridgehead atoms. The molecule has 5 aliphatic heterocycles. The smallest absolute Gasteiger partial charge is 0.348 e. The number of nitrogens with zero attached hydrogens (tertiary/aromatic N) is 7. The lowest BCUT2D eigenvalue weighted by Crippen LogP contribution is -2.50. The first-order valence-electron chi connectivity index (χ1n) is 47.5. The number of anilines is 3. The van der Waals surface area contributed by atoms with Crippen molar-refractivity contribution in [3.8, 4) is 12.3 Å². The van der Waals surface area contributed by atoms with Crippen molar-refractivity contribution in [2.75, 3.05) is 87.9 Å². The summed E-state index contributed by atoms with van der Waals surface area (Å²) in [6.07, 6.45) is 14.1. The summed E-state index contributed by atoms with van der Waals surface area (Å²) in [6, 6.07) is 67.2. The lowest BCUT2D eigenvalue weighted by molar-refractivity contribution is -0.144. The Balaban J connectivity index is 0.000000183. The molecule has 5 aliphatic rings. The molecule has 0 aliphatic carbocycles. The van der Waals surface area contributed by atoms with E-state index in [0.717, 1.165) is 140 Å². The molecule has 9 aromatic rings. The number of terminal acetylenes is 1. The number of benzene rings is 9. The van der Waals surface area contributed by atoms with Crippen LogP contribution in [0.3, 0.4) is 0 Å². The predicted molar refractivity (Wildman–Crippen MR) is 537 cm³/mol. The van der Waals surface area contributed by atoms with Crippen molar-refractivity contribution in [1.29, 1.82) is 0 Å². The number of urea groups is 3. The number of unbranched alkanes of at least 4 members (excludes halogenated alkanes) is 1. The van der Waals surface area contributed by atoms with Crippen LogP contribution in [0.15, 0.2) is 253 Å². The predicted octanol–water partition coefficient (Wildman–Crippen LogP) is 23.0. The molecule has 0 radical (unpaired) electrons. The molecular formula is C108H126Cl2F9N13O7S. The number of para-hydroxylation sites is 1. The number of hydrogen-bond acceptors (Lipinski definition) is 12. The third kappa shape index (κ3) is 37.1. The zero-order valence-electron chi connectivity index (χ0n) is 79.5. The van der Waals surface area contributed by atoms with Crippen molar-refractivity contribution in [2.45, 2.75) is 214 Å². The first-order chi connectivity index (χ1) is 67.1. The Morgan fingerprint density at radius 3 is 1.59 bits per heavy atom. The highest BCUT2D eigenvalue weighted by Gasteiger charge is 2.38. The molecule has 5 saturated heterocycles. The molecule has 20 nitrogen and oxygen atoms in total. The maximum Gasteiger partial charge on any atom is 0.416 e. The van der Waals surface area contributed by atoms with Gasteiger partial charge in [0.1, 0.15) is 11.6 Å². The fourth-order valence-corrected chi connectivity index (χ4v) is 18.3. The number of amides is 9. The van der Waals surface area contributed by atoms with Crippen LogP contribution >= 0.6 is 35.0 Å². The Kier molecular flexibility index (Phi) is 43.7. The molecule has 0 saturated carbocycles. The van der Waals surface area contributed by atoms with Crippen LogP contribution in [0.4, 0.5) is 71.0 Å². The van der Waals surface area contributed by atoms with Crippen LogP contribution in [0.2, 0.25) is 10.0 Å². The largest absolute Gasteiger partial charge is 0.416 e. The minimum absolute atomic E-state index is 0.0185. The number of allylic oxidation sites excluding steroid dienone is 1. The maximum absolute atomic E-state index is 13.7. The highest BCUT2D eigenvalue weighted by atomic mass is 35.5. The number of ketones is 1. The van der Waals surface area contributed by atoms with Crippen LogP contribution < -0.4 is 31.9 Å². The molecule has 9 amide bonds. The molecule has 1 unspecified atom stereocenters. The van der Waals surface area contributed by atoms with Gasteiger partial charge in [0.2, 0.25) is 0 Å². The number of rotatable bonds is 30. The summed E-state index contributed by atoms with van der Waals surface area (Å²) in [7, 11) is 0. The fourth-order valence-electron chi connectivity index (χ4n) is 17.1. The number of carbonyl (C=O) groups is 7. The topological polar surface area (TPSA) is 214 Å². The average molecular weight is 1990 g/mol. The van der Waals surface area contributed by atoms with E-state index in [4.69, 9.17) is 29.6 Å².